The molecule has 0 amide bonds. The van der Waals surface area contributed by atoms with E-state index in [1.165, 1.54) is 5.56 Å². The van der Waals surface area contributed by atoms with E-state index in [-0.39, 0.29) is 0 Å². The molecular formula is C14H20N4O. The molecule has 2 heterocycles. The molecule has 0 unspecified atom stereocenters. The zero-order chi connectivity index (χ0) is 13.5. The number of pyridine rings is 1. The van der Waals surface area contributed by atoms with Gasteiger partial charge in [0.05, 0.1) is 5.69 Å². The van der Waals surface area contributed by atoms with Gasteiger partial charge in [-0.1, -0.05) is 6.92 Å². The van der Waals surface area contributed by atoms with E-state index in [4.69, 9.17) is 4.42 Å². The highest BCUT2D eigenvalue weighted by Crippen LogP contribution is 2.12. The van der Waals surface area contributed by atoms with Gasteiger partial charge in [-0.05, 0) is 30.7 Å². The molecule has 0 saturated carbocycles. The Morgan fingerprint density at radius 3 is 2.84 bits per heavy atom. The Balaban J connectivity index is 1.85. The molecule has 5 nitrogen and oxygen atoms in total. The number of nitrogens with one attached hydrogen (secondary N) is 1. The van der Waals surface area contributed by atoms with Gasteiger partial charge in [0.1, 0.15) is 6.26 Å². The highest BCUT2D eigenvalue weighted by Gasteiger charge is 2.08. The molecule has 0 aromatic carbocycles. The monoisotopic (exact) mass is 260 g/mol. The number of hydrogen-bond donors (Lipinski definition) is 1. The number of hydrogen-bond acceptors (Lipinski definition) is 5. The zero-order valence-electron chi connectivity index (χ0n) is 11.5. The van der Waals surface area contributed by atoms with Gasteiger partial charge in [-0.3, -0.25) is 4.98 Å². The van der Waals surface area contributed by atoms with Gasteiger partial charge in [0.2, 0.25) is 0 Å². The quantitative estimate of drug-likeness (QED) is 0.823. The topological polar surface area (TPSA) is 54.2 Å². The first-order valence-electron chi connectivity index (χ1n) is 6.54. The first-order valence-corrected chi connectivity index (χ1v) is 6.54. The molecule has 0 spiro atoms. The van der Waals surface area contributed by atoms with Crippen LogP contribution in [0.2, 0.25) is 0 Å². The van der Waals surface area contributed by atoms with Crippen molar-refractivity contribution in [2.24, 2.45) is 0 Å². The molecule has 0 saturated heterocycles. The van der Waals surface area contributed by atoms with E-state index < -0.39 is 0 Å². The number of oxazole rings is 1. The van der Waals surface area contributed by atoms with E-state index in [2.05, 4.69) is 22.2 Å². The Morgan fingerprint density at radius 2 is 2.11 bits per heavy atom. The van der Waals surface area contributed by atoms with Crippen molar-refractivity contribution in [1.82, 2.24) is 15.3 Å². The average Bonchev–Trinajstić information content (AvgIpc) is 2.92. The summed E-state index contributed by atoms with van der Waals surface area (Å²) < 4.78 is 5.47. The van der Waals surface area contributed by atoms with Gasteiger partial charge < -0.3 is 14.6 Å². The van der Waals surface area contributed by atoms with Crippen LogP contribution in [0.5, 0.6) is 0 Å². The van der Waals surface area contributed by atoms with Crippen molar-refractivity contribution in [3.8, 4) is 0 Å². The summed E-state index contributed by atoms with van der Waals surface area (Å²) in [7, 11) is 1.99. The van der Waals surface area contributed by atoms with Crippen molar-refractivity contribution in [2.45, 2.75) is 19.9 Å². The predicted molar refractivity (Wildman–Crippen MR) is 75.1 cm³/mol. The van der Waals surface area contributed by atoms with Gasteiger partial charge in [0.15, 0.2) is 0 Å². The number of anilines is 1. The summed E-state index contributed by atoms with van der Waals surface area (Å²) in [5.41, 5.74) is 2.20. The molecule has 0 aliphatic carbocycles. The van der Waals surface area contributed by atoms with Gasteiger partial charge in [0, 0.05) is 32.5 Å². The van der Waals surface area contributed by atoms with Crippen LogP contribution in [-0.2, 0) is 13.0 Å². The summed E-state index contributed by atoms with van der Waals surface area (Å²) in [6, 6.07) is 4.72. The standard InChI is InChI=1S/C14H20N4O/c1-3-15-10-13-11-19-14(17-13)18(2)9-6-12-4-7-16-8-5-12/h4-5,7-8,11,15H,3,6,9-10H2,1-2H3. The fraction of sp³-hybridized carbons (Fsp3) is 0.429. The zero-order valence-corrected chi connectivity index (χ0v) is 11.5. The van der Waals surface area contributed by atoms with Crippen LogP contribution in [0.4, 0.5) is 6.01 Å². The number of aromatic nitrogens is 2. The SMILES string of the molecule is CCNCc1coc(N(C)CCc2ccncc2)n1. The summed E-state index contributed by atoms with van der Waals surface area (Å²) in [6.07, 6.45) is 6.29. The van der Waals surface area contributed by atoms with Crippen molar-refractivity contribution in [3.63, 3.8) is 0 Å². The van der Waals surface area contributed by atoms with Gasteiger partial charge in [-0.2, -0.15) is 4.98 Å². The van der Waals surface area contributed by atoms with Crippen LogP contribution in [-0.4, -0.2) is 30.1 Å². The van der Waals surface area contributed by atoms with Crippen molar-refractivity contribution in [1.29, 1.82) is 0 Å². The lowest BCUT2D eigenvalue weighted by atomic mass is 10.2. The number of rotatable bonds is 7. The summed E-state index contributed by atoms with van der Waals surface area (Å²) >= 11 is 0. The van der Waals surface area contributed by atoms with Crippen molar-refractivity contribution in [3.05, 3.63) is 42.0 Å². The average molecular weight is 260 g/mol. The Labute approximate surface area is 113 Å². The summed E-state index contributed by atoms with van der Waals surface area (Å²) in [6.45, 7) is 4.62. The Hall–Kier alpha value is -1.88. The largest absolute Gasteiger partial charge is 0.432 e. The first-order chi connectivity index (χ1) is 9.29. The van der Waals surface area contributed by atoms with E-state index >= 15 is 0 Å². The second kappa shape index (κ2) is 6.89. The van der Waals surface area contributed by atoms with Gasteiger partial charge >= 0.3 is 0 Å². The highest BCUT2D eigenvalue weighted by molar-refractivity contribution is 5.26. The molecule has 0 aliphatic heterocycles. The molecular weight excluding hydrogens is 240 g/mol. The minimum absolute atomic E-state index is 0.668. The lowest BCUT2D eigenvalue weighted by Crippen LogP contribution is -2.21. The molecule has 5 heteroatoms. The molecule has 0 atom stereocenters. The van der Waals surface area contributed by atoms with E-state index in [0.717, 1.165) is 31.7 Å². The van der Waals surface area contributed by atoms with Crippen LogP contribution < -0.4 is 10.2 Å². The van der Waals surface area contributed by atoms with Crippen LogP contribution in [0.1, 0.15) is 18.2 Å². The van der Waals surface area contributed by atoms with Crippen LogP contribution >= 0.6 is 0 Å². The molecule has 0 fully saturated rings. The fourth-order valence-corrected chi connectivity index (χ4v) is 1.75. The van der Waals surface area contributed by atoms with Crippen LogP contribution in [0.3, 0.4) is 0 Å². The Kier molecular flexibility index (Phi) is 4.92. The van der Waals surface area contributed by atoms with Crippen molar-refractivity contribution < 1.29 is 4.42 Å². The smallest absolute Gasteiger partial charge is 0.297 e. The molecule has 2 aromatic heterocycles. The normalized spacial score (nSPS) is 10.6. The van der Waals surface area contributed by atoms with E-state index in [1.807, 2.05) is 36.5 Å². The maximum atomic E-state index is 5.47. The van der Waals surface area contributed by atoms with Gasteiger partial charge in [-0.25, -0.2) is 0 Å². The van der Waals surface area contributed by atoms with Crippen molar-refractivity contribution in [2.75, 3.05) is 25.0 Å². The fourth-order valence-electron chi connectivity index (χ4n) is 1.75. The third-order valence-electron chi connectivity index (χ3n) is 2.91. The highest BCUT2D eigenvalue weighted by atomic mass is 16.4. The summed E-state index contributed by atoms with van der Waals surface area (Å²) in [5, 5.41) is 3.23. The van der Waals surface area contributed by atoms with E-state index in [9.17, 15) is 0 Å². The number of nitrogens with zero attached hydrogens (tertiary/aromatic N) is 3. The molecule has 102 valence electrons. The maximum Gasteiger partial charge on any atom is 0.297 e. The molecule has 0 radical (unpaired) electrons. The molecule has 0 bridgehead atoms. The Morgan fingerprint density at radius 1 is 1.32 bits per heavy atom. The molecule has 2 aromatic rings. The van der Waals surface area contributed by atoms with E-state index in [1.54, 1.807) is 6.26 Å². The van der Waals surface area contributed by atoms with E-state index in [0.29, 0.717) is 6.01 Å². The molecule has 19 heavy (non-hydrogen) atoms. The van der Waals surface area contributed by atoms with Crippen molar-refractivity contribution >= 4 is 6.01 Å². The summed E-state index contributed by atoms with van der Waals surface area (Å²) in [4.78, 5) is 10.5. The van der Waals surface area contributed by atoms with Gasteiger partial charge in [-0.15, -0.1) is 0 Å². The first kappa shape index (κ1) is 13.5. The van der Waals surface area contributed by atoms with Crippen LogP contribution in [0.15, 0.2) is 35.2 Å². The second-order valence-electron chi connectivity index (χ2n) is 4.43. The molecule has 0 aliphatic rings. The molecule has 2 rings (SSSR count). The predicted octanol–water partition coefficient (Wildman–Crippen LogP) is 1.86. The second-order valence-corrected chi connectivity index (χ2v) is 4.43. The third kappa shape index (κ3) is 4.06. The Bertz CT molecular complexity index is 483. The molecule has 1 N–H and O–H groups in total. The minimum atomic E-state index is 0.668. The lowest BCUT2D eigenvalue weighted by molar-refractivity contribution is 0.543. The van der Waals surface area contributed by atoms with Crippen LogP contribution in [0.25, 0.3) is 0 Å². The van der Waals surface area contributed by atoms with Crippen LogP contribution in [0, 0.1) is 0 Å². The third-order valence-corrected chi connectivity index (χ3v) is 2.91. The lowest BCUT2D eigenvalue weighted by Gasteiger charge is -2.13. The minimum Gasteiger partial charge on any atom is -0.432 e. The summed E-state index contributed by atoms with van der Waals surface area (Å²) in [5.74, 6) is 0. The maximum absolute atomic E-state index is 5.47. The van der Waals surface area contributed by atoms with Gasteiger partial charge in [0.25, 0.3) is 6.01 Å². The number of likely N-dealkylation sites (N-methyl/N-ethyl adjacent to an activating group) is 1.